The number of ether oxygens (including phenoxy) is 1. The van der Waals surface area contributed by atoms with Crippen molar-refractivity contribution < 1.29 is 14.3 Å². The minimum Gasteiger partial charge on any atom is -0.452 e. The summed E-state index contributed by atoms with van der Waals surface area (Å²) in [7, 11) is 0. The number of carbonyl (C=O) groups is 2. The largest absolute Gasteiger partial charge is 0.452 e. The second-order valence-corrected chi connectivity index (χ2v) is 7.11. The summed E-state index contributed by atoms with van der Waals surface area (Å²) in [6.07, 6.45) is 5.34. The summed E-state index contributed by atoms with van der Waals surface area (Å²) in [5.74, 6) is -0.000316. The first-order chi connectivity index (χ1) is 11.6. The van der Waals surface area contributed by atoms with E-state index in [2.05, 4.69) is 17.2 Å². The molecule has 0 bridgehead atoms. The van der Waals surface area contributed by atoms with Gasteiger partial charge in [0, 0.05) is 22.6 Å². The summed E-state index contributed by atoms with van der Waals surface area (Å²) in [5, 5.41) is 3.92. The fourth-order valence-corrected chi connectivity index (χ4v) is 3.43. The monoisotopic (exact) mass is 326 g/mol. The summed E-state index contributed by atoms with van der Waals surface area (Å²) in [4.78, 5) is 27.3. The van der Waals surface area contributed by atoms with Gasteiger partial charge in [-0.3, -0.25) is 4.79 Å². The number of hydrogen-bond donors (Lipinski definition) is 2. The third kappa shape index (κ3) is 3.03. The highest BCUT2D eigenvalue weighted by molar-refractivity contribution is 5.97. The van der Waals surface area contributed by atoms with E-state index in [4.69, 9.17) is 4.74 Å². The zero-order valence-electron chi connectivity index (χ0n) is 13.9. The number of H-pyrrole nitrogens is 1. The highest BCUT2D eigenvalue weighted by atomic mass is 16.5. The molecule has 1 amide bonds. The molecular formula is C19H22N2O3. The average molecular weight is 326 g/mol. The van der Waals surface area contributed by atoms with Crippen molar-refractivity contribution in [1.82, 2.24) is 10.3 Å². The third-order valence-corrected chi connectivity index (χ3v) is 4.95. The number of amides is 1. The fourth-order valence-electron chi connectivity index (χ4n) is 3.43. The molecule has 5 heteroatoms. The summed E-state index contributed by atoms with van der Waals surface area (Å²) in [6, 6.07) is 5.86. The Bertz CT molecular complexity index is 804. The molecule has 2 aromatic rings. The van der Waals surface area contributed by atoms with Gasteiger partial charge in [-0.2, -0.15) is 0 Å². The van der Waals surface area contributed by atoms with Crippen LogP contribution >= 0.6 is 0 Å². The number of hydrogen-bond acceptors (Lipinski definition) is 3. The zero-order valence-corrected chi connectivity index (χ0v) is 13.9. The Morgan fingerprint density at radius 1 is 1.29 bits per heavy atom. The molecule has 0 spiro atoms. The molecule has 2 N–H and O–H groups in total. The molecule has 0 radical (unpaired) electrons. The fraction of sp³-hybridized carbons (Fsp3) is 0.474. The van der Waals surface area contributed by atoms with Gasteiger partial charge in [0.15, 0.2) is 6.61 Å². The number of benzene rings is 1. The lowest BCUT2D eigenvalue weighted by Gasteiger charge is -2.18. The van der Waals surface area contributed by atoms with Gasteiger partial charge in [-0.25, -0.2) is 4.79 Å². The van der Waals surface area contributed by atoms with Crippen molar-refractivity contribution in [3.05, 3.63) is 35.0 Å². The van der Waals surface area contributed by atoms with Gasteiger partial charge in [0.05, 0.1) is 5.56 Å². The maximum absolute atomic E-state index is 12.2. The number of aryl methyl sites for hydroxylation is 1. The Morgan fingerprint density at radius 3 is 2.92 bits per heavy atom. The van der Waals surface area contributed by atoms with E-state index < -0.39 is 5.97 Å². The van der Waals surface area contributed by atoms with Crippen LogP contribution in [0.1, 0.15) is 47.8 Å². The predicted octanol–water partition coefficient (Wildman–Crippen LogP) is 2.73. The molecule has 0 unspecified atom stereocenters. The highest BCUT2D eigenvalue weighted by Gasteiger charge is 2.24. The minimum absolute atomic E-state index is 0.213. The van der Waals surface area contributed by atoms with E-state index in [0.717, 1.165) is 36.6 Å². The maximum Gasteiger partial charge on any atom is 0.338 e. The molecule has 1 fully saturated rings. The number of carbonyl (C=O) groups excluding carboxylic acids is 2. The van der Waals surface area contributed by atoms with Crippen molar-refractivity contribution >= 4 is 22.8 Å². The van der Waals surface area contributed by atoms with Crippen LogP contribution in [0.25, 0.3) is 10.9 Å². The summed E-state index contributed by atoms with van der Waals surface area (Å²) in [6.45, 7) is 2.05. The molecule has 1 aromatic carbocycles. The Balaban J connectivity index is 1.50. The van der Waals surface area contributed by atoms with Gasteiger partial charge >= 0.3 is 5.97 Å². The maximum atomic E-state index is 12.2. The van der Waals surface area contributed by atoms with Crippen molar-refractivity contribution in [3.8, 4) is 0 Å². The number of nitrogens with one attached hydrogen (secondary N) is 2. The molecule has 0 aliphatic heterocycles. The van der Waals surface area contributed by atoms with Crippen LogP contribution < -0.4 is 5.32 Å². The Morgan fingerprint density at radius 2 is 2.12 bits per heavy atom. The molecule has 2 aliphatic carbocycles. The molecule has 1 heterocycles. The van der Waals surface area contributed by atoms with E-state index in [1.165, 1.54) is 17.7 Å². The number of aromatic amines is 1. The molecule has 4 rings (SSSR count). The minimum atomic E-state index is -0.443. The molecule has 1 atom stereocenters. The normalized spacial score (nSPS) is 19.8. The van der Waals surface area contributed by atoms with E-state index in [0.29, 0.717) is 11.5 Å². The van der Waals surface area contributed by atoms with E-state index in [1.54, 1.807) is 6.07 Å². The third-order valence-electron chi connectivity index (χ3n) is 4.95. The lowest BCUT2D eigenvalue weighted by Crippen LogP contribution is -2.30. The van der Waals surface area contributed by atoms with Crippen LogP contribution in [0.2, 0.25) is 0 Å². The number of fused-ring (bicyclic) bond motifs is 3. The quantitative estimate of drug-likeness (QED) is 0.849. The Kier molecular flexibility index (Phi) is 3.79. The predicted molar refractivity (Wildman–Crippen MR) is 90.9 cm³/mol. The summed E-state index contributed by atoms with van der Waals surface area (Å²) in [5.41, 5.74) is 4.18. The van der Waals surface area contributed by atoms with Crippen LogP contribution in [-0.4, -0.2) is 29.5 Å². The summed E-state index contributed by atoms with van der Waals surface area (Å²) < 4.78 is 5.15. The van der Waals surface area contributed by atoms with E-state index in [-0.39, 0.29) is 18.6 Å². The van der Waals surface area contributed by atoms with Gasteiger partial charge < -0.3 is 15.0 Å². The van der Waals surface area contributed by atoms with Crippen LogP contribution in [0.4, 0.5) is 0 Å². The Labute approximate surface area is 140 Å². The first kappa shape index (κ1) is 15.2. The lowest BCUT2D eigenvalue weighted by molar-refractivity contribution is -0.124. The van der Waals surface area contributed by atoms with Crippen LogP contribution in [0, 0.1) is 5.92 Å². The van der Waals surface area contributed by atoms with E-state index >= 15 is 0 Å². The SMILES string of the molecule is C[C@@H]1CCc2[nH]c3ccc(C(=O)OCC(=O)NC4CC4)cc3c2C1. The van der Waals surface area contributed by atoms with Gasteiger partial charge in [-0.05, 0) is 61.8 Å². The second-order valence-electron chi connectivity index (χ2n) is 7.11. The molecule has 24 heavy (non-hydrogen) atoms. The van der Waals surface area contributed by atoms with Crippen molar-refractivity contribution in [1.29, 1.82) is 0 Å². The van der Waals surface area contributed by atoms with Gasteiger partial charge in [-0.15, -0.1) is 0 Å². The molecule has 2 aliphatic rings. The van der Waals surface area contributed by atoms with Crippen molar-refractivity contribution in [2.75, 3.05) is 6.61 Å². The Hall–Kier alpha value is -2.30. The summed E-state index contributed by atoms with van der Waals surface area (Å²) >= 11 is 0. The average Bonchev–Trinajstić information content (AvgIpc) is 3.31. The smallest absolute Gasteiger partial charge is 0.338 e. The van der Waals surface area contributed by atoms with Crippen LogP contribution in [0.3, 0.4) is 0 Å². The first-order valence-corrected chi connectivity index (χ1v) is 8.70. The van der Waals surface area contributed by atoms with E-state index in [9.17, 15) is 9.59 Å². The van der Waals surface area contributed by atoms with Gasteiger partial charge in [0.25, 0.3) is 5.91 Å². The first-order valence-electron chi connectivity index (χ1n) is 8.70. The zero-order chi connectivity index (χ0) is 16.7. The molecule has 126 valence electrons. The van der Waals surface area contributed by atoms with Gasteiger partial charge in [-0.1, -0.05) is 6.92 Å². The molecule has 5 nitrogen and oxygen atoms in total. The van der Waals surface area contributed by atoms with Crippen molar-refractivity contribution in [3.63, 3.8) is 0 Å². The van der Waals surface area contributed by atoms with E-state index in [1.807, 2.05) is 12.1 Å². The molecule has 0 saturated heterocycles. The number of esters is 1. The van der Waals surface area contributed by atoms with Gasteiger partial charge in [0.1, 0.15) is 0 Å². The van der Waals surface area contributed by atoms with Crippen molar-refractivity contribution in [2.45, 2.75) is 45.1 Å². The molecule has 1 saturated carbocycles. The standard InChI is InChI=1S/C19H22N2O3/c1-11-2-6-16-14(8-11)15-9-12(3-7-17(15)21-16)19(23)24-10-18(22)20-13-4-5-13/h3,7,9,11,13,21H,2,4-6,8,10H2,1H3,(H,20,22)/t11-/m1/s1. The van der Waals surface area contributed by atoms with Crippen LogP contribution in [0.15, 0.2) is 18.2 Å². The molecule has 1 aromatic heterocycles. The lowest BCUT2D eigenvalue weighted by atomic mass is 9.87. The van der Waals surface area contributed by atoms with Crippen molar-refractivity contribution in [2.24, 2.45) is 5.92 Å². The topological polar surface area (TPSA) is 71.2 Å². The molecular weight excluding hydrogens is 304 g/mol. The highest BCUT2D eigenvalue weighted by Crippen LogP contribution is 2.32. The number of rotatable bonds is 4. The van der Waals surface area contributed by atoms with Gasteiger partial charge in [0.2, 0.25) is 0 Å². The number of aromatic nitrogens is 1. The second kappa shape index (κ2) is 5.96. The van der Waals surface area contributed by atoms with Crippen LogP contribution in [-0.2, 0) is 22.4 Å². The van der Waals surface area contributed by atoms with Crippen LogP contribution in [0.5, 0.6) is 0 Å².